The fourth-order valence-electron chi connectivity index (χ4n) is 3.57. The number of piperazine rings is 1. The molecular formula is C18H24N6O2. The highest BCUT2D eigenvalue weighted by molar-refractivity contribution is 5.94. The topological polar surface area (TPSA) is 78.6 Å². The lowest BCUT2D eigenvalue weighted by molar-refractivity contribution is 0.0744. The maximum absolute atomic E-state index is 12.6. The van der Waals surface area contributed by atoms with Crippen LogP contribution in [0.3, 0.4) is 0 Å². The first kappa shape index (κ1) is 16.8. The van der Waals surface area contributed by atoms with Crippen LogP contribution in [0.4, 0.5) is 11.8 Å². The molecule has 1 amide bonds. The highest BCUT2D eigenvalue weighted by atomic mass is 16.5. The molecule has 0 N–H and O–H groups in total. The minimum atomic E-state index is -0.0138. The largest absolute Gasteiger partial charge is 0.361 e. The third-order valence-electron chi connectivity index (χ3n) is 5.14. The van der Waals surface area contributed by atoms with Crippen LogP contribution in [0.5, 0.6) is 0 Å². The van der Waals surface area contributed by atoms with E-state index < -0.39 is 0 Å². The average molecular weight is 356 g/mol. The van der Waals surface area contributed by atoms with Crippen molar-refractivity contribution in [3.63, 3.8) is 0 Å². The lowest BCUT2D eigenvalue weighted by Gasteiger charge is -2.35. The molecule has 138 valence electrons. The molecule has 2 aliphatic heterocycles. The molecule has 0 radical (unpaired) electrons. The SMILES string of the molecule is Cc1oncc1C(=O)N1CCN(c2ccnc(N3CCCCC3)n2)CC1. The summed E-state index contributed by atoms with van der Waals surface area (Å²) in [6.45, 7) is 6.66. The predicted molar refractivity (Wildman–Crippen MR) is 97.5 cm³/mol. The summed E-state index contributed by atoms with van der Waals surface area (Å²) in [5.74, 6) is 2.31. The van der Waals surface area contributed by atoms with E-state index in [2.05, 4.69) is 19.9 Å². The first-order chi connectivity index (χ1) is 12.7. The maximum atomic E-state index is 12.6. The van der Waals surface area contributed by atoms with Crippen LogP contribution in [0.2, 0.25) is 0 Å². The Balaban J connectivity index is 1.40. The molecule has 0 atom stereocenters. The van der Waals surface area contributed by atoms with Gasteiger partial charge in [-0.25, -0.2) is 4.98 Å². The van der Waals surface area contributed by atoms with Crippen molar-refractivity contribution >= 4 is 17.7 Å². The summed E-state index contributed by atoms with van der Waals surface area (Å²) in [5, 5.41) is 3.70. The Labute approximate surface area is 152 Å². The second-order valence-electron chi connectivity index (χ2n) is 6.84. The molecule has 4 rings (SSSR count). The molecule has 0 spiro atoms. The Kier molecular flexibility index (Phi) is 4.73. The molecule has 0 saturated carbocycles. The second-order valence-corrected chi connectivity index (χ2v) is 6.84. The lowest BCUT2D eigenvalue weighted by Crippen LogP contribution is -2.49. The van der Waals surface area contributed by atoms with E-state index in [0.717, 1.165) is 37.9 Å². The molecule has 8 heteroatoms. The number of rotatable bonds is 3. The van der Waals surface area contributed by atoms with Crippen LogP contribution in [0.15, 0.2) is 23.0 Å². The third-order valence-corrected chi connectivity index (χ3v) is 5.14. The Morgan fingerprint density at radius 2 is 1.81 bits per heavy atom. The van der Waals surface area contributed by atoms with E-state index in [0.29, 0.717) is 24.4 Å². The zero-order valence-corrected chi connectivity index (χ0v) is 15.1. The molecule has 2 aromatic rings. The Hall–Kier alpha value is -2.64. The van der Waals surface area contributed by atoms with E-state index in [1.807, 2.05) is 17.2 Å². The van der Waals surface area contributed by atoms with Gasteiger partial charge in [-0.2, -0.15) is 4.98 Å². The minimum Gasteiger partial charge on any atom is -0.361 e. The van der Waals surface area contributed by atoms with Crippen molar-refractivity contribution in [3.05, 3.63) is 29.8 Å². The van der Waals surface area contributed by atoms with Gasteiger partial charge in [-0.15, -0.1) is 0 Å². The van der Waals surface area contributed by atoms with Crippen molar-refractivity contribution in [1.29, 1.82) is 0 Å². The highest BCUT2D eigenvalue weighted by Gasteiger charge is 2.25. The van der Waals surface area contributed by atoms with Gasteiger partial charge in [0.1, 0.15) is 17.1 Å². The first-order valence-electron chi connectivity index (χ1n) is 9.26. The molecule has 0 aromatic carbocycles. The normalized spacial score (nSPS) is 18.3. The zero-order chi connectivity index (χ0) is 17.9. The van der Waals surface area contributed by atoms with E-state index >= 15 is 0 Å². The number of aromatic nitrogens is 3. The number of carbonyl (C=O) groups is 1. The van der Waals surface area contributed by atoms with Crippen LogP contribution < -0.4 is 9.80 Å². The van der Waals surface area contributed by atoms with E-state index in [4.69, 9.17) is 9.51 Å². The van der Waals surface area contributed by atoms with Gasteiger partial charge in [0.05, 0.1) is 6.20 Å². The summed E-state index contributed by atoms with van der Waals surface area (Å²) in [5.41, 5.74) is 0.549. The monoisotopic (exact) mass is 356 g/mol. The van der Waals surface area contributed by atoms with Crippen LogP contribution in [0.25, 0.3) is 0 Å². The van der Waals surface area contributed by atoms with Crippen LogP contribution in [0.1, 0.15) is 35.4 Å². The van der Waals surface area contributed by atoms with Crippen molar-refractivity contribution < 1.29 is 9.32 Å². The number of anilines is 2. The molecular weight excluding hydrogens is 332 g/mol. The van der Waals surface area contributed by atoms with E-state index in [9.17, 15) is 4.79 Å². The van der Waals surface area contributed by atoms with Crippen molar-refractivity contribution in [1.82, 2.24) is 20.0 Å². The van der Waals surface area contributed by atoms with Crippen molar-refractivity contribution in [2.45, 2.75) is 26.2 Å². The summed E-state index contributed by atoms with van der Waals surface area (Å²) in [6, 6.07) is 1.95. The van der Waals surface area contributed by atoms with Crippen LogP contribution >= 0.6 is 0 Å². The fourth-order valence-corrected chi connectivity index (χ4v) is 3.57. The van der Waals surface area contributed by atoms with Crippen molar-refractivity contribution in [2.24, 2.45) is 0 Å². The lowest BCUT2D eigenvalue weighted by atomic mass is 10.1. The highest BCUT2D eigenvalue weighted by Crippen LogP contribution is 2.20. The molecule has 4 heterocycles. The predicted octanol–water partition coefficient (Wildman–Crippen LogP) is 1.73. The van der Waals surface area contributed by atoms with Crippen LogP contribution in [-0.2, 0) is 0 Å². The van der Waals surface area contributed by atoms with E-state index in [1.54, 1.807) is 6.92 Å². The summed E-state index contributed by atoms with van der Waals surface area (Å²) >= 11 is 0. The number of nitrogens with zero attached hydrogens (tertiary/aromatic N) is 6. The second kappa shape index (κ2) is 7.31. The molecule has 8 nitrogen and oxygen atoms in total. The minimum absolute atomic E-state index is 0.0138. The van der Waals surface area contributed by atoms with Gasteiger partial charge in [0.25, 0.3) is 5.91 Å². The van der Waals surface area contributed by atoms with E-state index in [1.165, 1.54) is 25.5 Å². The Bertz CT molecular complexity index is 763. The number of carbonyl (C=O) groups excluding carboxylic acids is 1. The fraction of sp³-hybridized carbons (Fsp3) is 0.556. The Morgan fingerprint density at radius 1 is 1.04 bits per heavy atom. The van der Waals surface area contributed by atoms with Gasteiger partial charge in [-0.05, 0) is 32.3 Å². The van der Waals surface area contributed by atoms with Crippen LogP contribution in [0, 0.1) is 6.92 Å². The van der Waals surface area contributed by atoms with Gasteiger partial charge in [-0.3, -0.25) is 4.79 Å². The quantitative estimate of drug-likeness (QED) is 0.828. The van der Waals surface area contributed by atoms with Crippen molar-refractivity contribution in [3.8, 4) is 0 Å². The van der Waals surface area contributed by atoms with Gasteiger partial charge in [0.2, 0.25) is 5.95 Å². The molecule has 0 bridgehead atoms. The maximum Gasteiger partial charge on any atom is 0.259 e. The molecule has 0 aliphatic carbocycles. The summed E-state index contributed by atoms with van der Waals surface area (Å²) < 4.78 is 5.01. The molecule has 26 heavy (non-hydrogen) atoms. The molecule has 2 aromatic heterocycles. The number of hydrogen-bond acceptors (Lipinski definition) is 7. The first-order valence-corrected chi connectivity index (χ1v) is 9.26. The van der Waals surface area contributed by atoms with Gasteiger partial charge >= 0.3 is 0 Å². The summed E-state index contributed by atoms with van der Waals surface area (Å²) in [4.78, 5) is 28.1. The smallest absolute Gasteiger partial charge is 0.259 e. The molecule has 2 saturated heterocycles. The average Bonchev–Trinajstić information content (AvgIpc) is 3.14. The molecule has 0 unspecified atom stereocenters. The Morgan fingerprint density at radius 3 is 2.50 bits per heavy atom. The van der Waals surface area contributed by atoms with Crippen molar-refractivity contribution in [2.75, 3.05) is 49.1 Å². The van der Waals surface area contributed by atoms with Gasteiger partial charge in [0.15, 0.2) is 0 Å². The van der Waals surface area contributed by atoms with Gasteiger partial charge in [0, 0.05) is 45.5 Å². The summed E-state index contributed by atoms with van der Waals surface area (Å²) in [7, 11) is 0. The van der Waals surface area contributed by atoms with Gasteiger partial charge < -0.3 is 19.2 Å². The number of hydrogen-bond donors (Lipinski definition) is 0. The summed E-state index contributed by atoms with van der Waals surface area (Å²) in [6.07, 6.45) is 7.04. The number of piperidine rings is 1. The zero-order valence-electron chi connectivity index (χ0n) is 15.1. The molecule has 2 aliphatic rings. The number of aryl methyl sites for hydroxylation is 1. The van der Waals surface area contributed by atoms with Gasteiger partial charge in [-0.1, -0.05) is 5.16 Å². The third kappa shape index (κ3) is 3.36. The standard InChI is InChI=1S/C18H24N6O2/c1-14-15(13-20-26-14)17(25)23-11-9-22(10-12-23)16-5-6-19-18(21-16)24-7-3-2-4-8-24/h5-6,13H,2-4,7-12H2,1H3. The van der Waals surface area contributed by atoms with E-state index in [-0.39, 0.29) is 5.91 Å². The van der Waals surface area contributed by atoms with Crippen LogP contribution in [-0.4, -0.2) is 65.2 Å². The molecule has 2 fully saturated rings. The number of amides is 1.